The molecule has 4 aromatic rings. The molecule has 7 nitrogen and oxygen atoms in total. The molecule has 0 unspecified atom stereocenters. The molecule has 0 bridgehead atoms. The van der Waals surface area contributed by atoms with Crippen LogP contribution in [0.5, 0.6) is 0 Å². The van der Waals surface area contributed by atoms with Crippen LogP contribution in [0.4, 0.5) is 5.82 Å². The highest BCUT2D eigenvalue weighted by Crippen LogP contribution is 2.27. The monoisotopic (exact) mass is 397 g/mol. The predicted molar refractivity (Wildman–Crippen MR) is 99.1 cm³/mol. The Kier molecular flexibility index (Phi) is 4.19. The van der Waals surface area contributed by atoms with Crippen molar-refractivity contribution in [3.8, 4) is 0 Å². The number of imidazole rings is 1. The second kappa shape index (κ2) is 6.64. The zero-order chi connectivity index (χ0) is 17.2. The minimum Gasteiger partial charge on any atom is -0.362 e. The van der Waals surface area contributed by atoms with Crippen LogP contribution in [0.3, 0.4) is 0 Å². The third-order valence-corrected chi connectivity index (χ3v) is 4.54. The van der Waals surface area contributed by atoms with Gasteiger partial charge in [0.25, 0.3) is 0 Å². The zero-order valence-electron chi connectivity index (χ0n) is 13.6. The molecular formula is C17H16BrN7. The lowest BCUT2D eigenvalue weighted by Gasteiger charge is -2.10. The first kappa shape index (κ1) is 15.8. The van der Waals surface area contributed by atoms with E-state index >= 15 is 0 Å². The molecular weight excluding hydrogens is 382 g/mol. The predicted octanol–water partition coefficient (Wildman–Crippen LogP) is 2.98. The zero-order valence-corrected chi connectivity index (χ0v) is 15.2. The molecule has 1 N–H and O–H groups in total. The van der Waals surface area contributed by atoms with Crippen molar-refractivity contribution in [2.75, 3.05) is 5.32 Å². The molecule has 0 atom stereocenters. The number of benzene rings is 1. The Morgan fingerprint density at radius 3 is 2.80 bits per heavy atom. The lowest BCUT2D eigenvalue weighted by Crippen LogP contribution is -2.10. The number of anilines is 1. The average molecular weight is 398 g/mol. The molecule has 0 spiro atoms. The van der Waals surface area contributed by atoms with Crippen LogP contribution in [0.2, 0.25) is 0 Å². The topological polar surface area (TPSA) is 73.5 Å². The van der Waals surface area contributed by atoms with Crippen molar-refractivity contribution < 1.29 is 0 Å². The quantitative estimate of drug-likeness (QED) is 0.560. The van der Waals surface area contributed by atoms with Gasteiger partial charge in [-0.3, -0.25) is 0 Å². The van der Waals surface area contributed by atoms with Crippen LogP contribution in [-0.4, -0.2) is 29.3 Å². The Labute approximate surface area is 152 Å². The van der Waals surface area contributed by atoms with Crippen LogP contribution in [0.15, 0.2) is 53.7 Å². The van der Waals surface area contributed by atoms with Crippen molar-refractivity contribution in [2.45, 2.75) is 13.1 Å². The summed E-state index contributed by atoms with van der Waals surface area (Å²) in [5.74, 6) is 1.68. The van der Waals surface area contributed by atoms with Gasteiger partial charge in [0.15, 0.2) is 5.65 Å². The molecule has 1 aromatic carbocycles. The number of aryl methyl sites for hydroxylation is 1. The number of aromatic nitrogens is 6. The van der Waals surface area contributed by atoms with Gasteiger partial charge in [0.1, 0.15) is 22.6 Å². The normalized spacial score (nSPS) is 11.1. The van der Waals surface area contributed by atoms with Gasteiger partial charge in [-0.05, 0) is 21.5 Å². The molecule has 126 valence electrons. The number of hydrogen-bond acceptors (Lipinski definition) is 5. The Balaban J connectivity index is 1.56. The van der Waals surface area contributed by atoms with E-state index in [9.17, 15) is 0 Å². The molecule has 0 amide bonds. The fourth-order valence-corrected chi connectivity index (χ4v) is 3.37. The summed E-state index contributed by atoms with van der Waals surface area (Å²) >= 11 is 3.47. The third kappa shape index (κ3) is 3.12. The molecule has 0 saturated carbocycles. The average Bonchev–Trinajstić information content (AvgIpc) is 3.18. The van der Waals surface area contributed by atoms with Crippen LogP contribution in [0.25, 0.3) is 11.0 Å². The molecule has 0 aliphatic heterocycles. The van der Waals surface area contributed by atoms with Crippen molar-refractivity contribution in [1.82, 2.24) is 29.3 Å². The summed E-state index contributed by atoms with van der Waals surface area (Å²) in [5.41, 5.74) is 2.01. The van der Waals surface area contributed by atoms with Crippen molar-refractivity contribution in [1.29, 1.82) is 0 Å². The highest BCUT2D eigenvalue weighted by molar-refractivity contribution is 9.10. The van der Waals surface area contributed by atoms with E-state index in [0.29, 0.717) is 6.54 Å². The lowest BCUT2D eigenvalue weighted by molar-refractivity contribution is 0.734. The van der Waals surface area contributed by atoms with E-state index in [1.54, 1.807) is 4.68 Å². The Bertz CT molecular complexity index is 1010. The van der Waals surface area contributed by atoms with Gasteiger partial charge in [0, 0.05) is 26.0 Å². The molecule has 0 aliphatic carbocycles. The highest BCUT2D eigenvalue weighted by Gasteiger charge is 2.13. The molecule has 4 rings (SSSR count). The van der Waals surface area contributed by atoms with Crippen molar-refractivity contribution in [2.24, 2.45) is 7.05 Å². The molecule has 25 heavy (non-hydrogen) atoms. The maximum absolute atomic E-state index is 4.46. The van der Waals surface area contributed by atoms with Gasteiger partial charge in [-0.1, -0.05) is 30.3 Å². The number of nitrogens with one attached hydrogen (secondary N) is 1. The van der Waals surface area contributed by atoms with Gasteiger partial charge >= 0.3 is 0 Å². The molecule has 0 radical (unpaired) electrons. The minimum absolute atomic E-state index is 0.563. The largest absolute Gasteiger partial charge is 0.362 e. The van der Waals surface area contributed by atoms with Gasteiger partial charge in [-0.25, -0.2) is 19.6 Å². The smallest absolute Gasteiger partial charge is 0.164 e. The van der Waals surface area contributed by atoms with E-state index in [-0.39, 0.29) is 0 Å². The highest BCUT2D eigenvalue weighted by atomic mass is 79.9. The van der Waals surface area contributed by atoms with Crippen LogP contribution in [0, 0.1) is 0 Å². The van der Waals surface area contributed by atoms with Gasteiger partial charge in [-0.15, -0.1) is 0 Å². The molecule has 0 fully saturated rings. The Hall–Kier alpha value is -2.74. The van der Waals surface area contributed by atoms with E-state index in [0.717, 1.165) is 33.8 Å². The first-order valence-corrected chi connectivity index (χ1v) is 8.62. The van der Waals surface area contributed by atoms with Crippen molar-refractivity contribution >= 4 is 32.8 Å². The van der Waals surface area contributed by atoms with Gasteiger partial charge in [-0.2, -0.15) is 5.10 Å². The summed E-state index contributed by atoms with van der Waals surface area (Å²) in [7, 11) is 1.86. The summed E-state index contributed by atoms with van der Waals surface area (Å²) in [6.07, 6.45) is 5.34. The summed E-state index contributed by atoms with van der Waals surface area (Å²) in [6.45, 7) is 1.35. The van der Waals surface area contributed by atoms with E-state index in [4.69, 9.17) is 0 Å². The number of nitrogens with zero attached hydrogens (tertiary/aromatic N) is 6. The van der Waals surface area contributed by atoms with Gasteiger partial charge in [0.2, 0.25) is 0 Å². The summed E-state index contributed by atoms with van der Waals surface area (Å²) in [4.78, 5) is 13.1. The fraction of sp³-hybridized carbons (Fsp3) is 0.176. The molecule has 0 saturated heterocycles. The van der Waals surface area contributed by atoms with Gasteiger partial charge < -0.3 is 9.88 Å². The molecule has 8 heteroatoms. The molecule has 3 aromatic heterocycles. The van der Waals surface area contributed by atoms with Crippen LogP contribution < -0.4 is 5.32 Å². The second-order valence-corrected chi connectivity index (χ2v) is 6.40. The molecule has 0 aliphatic rings. The molecule has 3 heterocycles. The van der Waals surface area contributed by atoms with Crippen LogP contribution in [0.1, 0.15) is 11.4 Å². The standard InChI is InChI=1S/C17H16BrN7/c1-24-17-14(15(18)23-24)16(21-11-22-17)20-9-13-19-7-8-25(13)10-12-5-3-2-4-6-12/h2-8,11H,9-10H2,1H3,(H,20,21,22). The summed E-state index contributed by atoms with van der Waals surface area (Å²) in [6, 6.07) is 10.3. The van der Waals surface area contributed by atoms with Gasteiger partial charge in [0.05, 0.1) is 11.9 Å². The minimum atomic E-state index is 0.563. The number of halogens is 1. The van der Waals surface area contributed by atoms with Crippen LogP contribution >= 0.6 is 15.9 Å². The van der Waals surface area contributed by atoms with E-state index in [2.05, 4.69) is 58.0 Å². The number of hydrogen-bond donors (Lipinski definition) is 1. The fourth-order valence-electron chi connectivity index (χ4n) is 2.77. The number of fused-ring (bicyclic) bond motifs is 1. The van der Waals surface area contributed by atoms with E-state index in [1.807, 2.05) is 37.6 Å². The first-order chi connectivity index (χ1) is 12.2. The Morgan fingerprint density at radius 2 is 1.96 bits per heavy atom. The first-order valence-electron chi connectivity index (χ1n) is 7.83. The Morgan fingerprint density at radius 1 is 1.12 bits per heavy atom. The van der Waals surface area contributed by atoms with E-state index < -0.39 is 0 Å². The number of rotatable bonds is 5. The maximum atomic E-state index is 4.46. The second-order valence-electron chi connectivity index (χ2n) is 5.65. The summed E-state index contributed by atoms with van der Waals surface area (Å²) < 4.78 is 4.57. The SMILES string of the molecule is Cn1nc(Br)c2c(NCc3nccn3Cc3ccccc3)ncnc21. The van der Waals surface area contributed by atoms with Crippen molar-refractivity contribution in [3.05, 3.63) is 65.0 Å². The van der Waals surface area contributed by atoms with Crippen molar-refractivity contribution in [3.63, 3.8) is 0 Å². The third-order valence-electron chi connectivity index (χ3n) is 3.99. The van der Waals surface area contributed by atoms with Crippen LogP contribution in [-0.2, 0) is 20.1 Å². The maximum Gasteiger partial charge on any atom is 0.164 e. The summed E-state index contributed by atoms with van der Waals surface area (Å²) in [5, 5.41) is 8.56. The van der Waals surface area contributed by atoms with E-state index in [1.165, 1.54) is 11.9 Å². The lowest BCUT2D eigenvalue weighted by atomic mass is 10.2.